The average molecular weight is 266 g/mol. The zero-order valence-electron chi connectivity index (χ0n) is 12.2. The van der Waals surface area contributed by atoms with Crippen LogP contribution in [0.2, 0.25) is 0 Å². The topological polar surface area (TPSA) is 62.1 Å². The lowest BCUT2D eigenvalue weighted by atomic mass is 9.80. The Morgan fingerprint density at radius 1 is 1.37 bits per heavy atom. The number of hydrogen-bond acceptors (Lipinski definition) is 3. The molecule has 0 aromatic carbocycles. The molecule has 0 aromatic heterocycles. The second kappa shape index (κ2) is 8.16. The van der Waals surface area contributed by atoms with Crippen molar-refractivity contribution in [3.8, 4) is 6.07 Å². The second-order valence-corrected chi connectivity index (χ2v) is 5.47. The average Bonchev–Trinajstić information content (AvgIpc) is 3.21. The molecule has 0 bridgehead atoms. The number of nitrogens with zero attached hydrogens (tertiary/aromatic N) is 1. The Hall–Kier alpha value is -1.08. The molecule has 0 spiro atoms. The minimum absolute atomic E-state index is 0.131. The van der Waals surface area contributed by atoms with Gasteiger partial charge in [0.2, 0.25) is 5.91 Å². The predicted octanol–water partition coefficient (Wildman–Crippen LogP) is 2.64. The van der Waals surface area contributed by atoms with Gasteiger partial charge in [-0.15, -0.1) is 0 Å². The van der Waals surface area contributed by atoms with Crippen LogP contribution in [-0.2, 0) is 9.53 Å². The SMILES string of the molecule is CCCC(C#N)(CCC)C(=O)NCCOCC1CC1. The van der Waals surface area contributed by atoms with Crippen molar-refractivity contribution in [2.45, 2.75) is 52.4 Å². The van der Waals surface area contributed by atoms with E-state index in [9.17, 15) is 10.1 Å². The summed E-state index contributed by atoms with van der Waals surface area (Å²) < 4.78 is 5.48. The quantitative estimate of drug-likeness (QED) is 0.618. The molecule has 4 nitrogen and oxygen atoms in total. The molecule has 108 valence electrons. The molecule has 1 fully saturated rings. The third-order valence-corrected chi connectivity index (χ3v) is 3.58. The highest BCUT2D eigenvalue weighted by molar-refractivity contribution is 5.85. The van der Waals surface area contributed by atoms with Gasteiger partial charge in [0.15, 0.2) is 0 Å². The smallest absolute Gasteiger partial charge is 0.240 e. The van der Waals surface area contributed by atoms with Crippen LogP contribution in [0.1, 0.15) is 52.4 Å². The van der Waals surface area contributed by atoms with Gasteiger partial charge < -0.3 is 10.1 Å². The Kier molecular flexibility index (Phi) is 6.86. The van der Waals surface area contributed by atoms with E-state index in [4.69, 9.17) is 4.74 Å². The number of nitrogens with one attached hydrogen (secondary N) is 1. The fourth-order valence-corrected chi connectivity index (χ4v) is 2.31. The molecular weight excluding hydrogens is 240 g/mol. The summed E-state index contributed by atoms with van der Waals surface area (Å²) in [7, 11) is 0. The summed E-state index contributed by atoms with van der Waals surface area (Å²) in [4.78, 5) is 12.2. The molecule has 19 heavy (non-hydrogen) atoms. The first-order chi connectivity index (χ1) is 9.18. The summed E-state index contributed by atoms with van der Waals surface area (Å²) in [5, 5.41) is 12.2. The van der Waals surface area contributed by atoms with Crippen LogP contribution in [0.3, 0.4) is 0 Å². The molecule has 0 radical (unpaired) electrons. The van der Waals surface area contributed by atoms with E-state index < -0.39 is 5.41 Å². The molecule has 1 rings (SSSR count). The highest BCUT2D eigenvalue weighted by Crippen LogP contribution is 2.29. The van der Waals surface area contributed by atoms with Crippen molar-refractivity contribution in [2.24, 2.45) is 11.3 Å². The largest absolute Gasteiger partial charge is 0.379 e. The predicted molar refractivity (Wildman–Crippen MR) is 74.4 cm³/mol. The van der Waals surface area contributed by atoms with Crippen LogP contribution in [-0.4, -0.2) is 25.7 Å². The first kappa shape index (κ1) is 16.0. The first-order valence-electron chi connectivity index (χ1n) is 7.45. The van der Waals surface area contributed by atoms with Crippen molar-refractivity contribution in [3.05, 3.63) is 0 Å². The van der Waals surface area contributed by atoms with E-state index in [1.54, 1.807) is 0 Å². The Bertz CT molecular complexity index is 313. The fourth-order valence-electron chi connectivity index (χ4n) is 2.31. The van der Waals surface area contributed by atoms with Gasteiger partial charge in [-0.05, 0) is 31.6 Å². The number of nitriles is 1. The second-order valence-electron chi connectivity index (χ2n) is 5.47. The zero-order chi connectivity index (χ0) is 14.1. The standard InChI is InChI=1S/C15H26N2O2/c1-3-7-15(12-16,8-4-2)14(18)17-9-10-19-11-13-5-6-13/h13H,3-11H2,1-2H3,(H,17,18). The van der Waals surface area contributed by atoms with Gasteiger partial charge in [0.25, 0.3) is 0 Å². The maximum Gasteiger partial charge on any atom is 0.240 e. The number of rotatable bonds is 10. The van der Waals surface area contributed by atoms with Gasteiger partial charge in [0.1, 0.15) is 5.41 Å². The van der Waals surface area contributed by atoms with Crippen molar-refractivity contribution >= 4 is 5.91 Å². The third kappa shape index (κ3) is 5.20. The van der Waals surface area contributed by atoms with Gasteiger partial charge in [0.05, 0.1) is 12.7 Å². The molecule has 1 saturated carbocycles. The Morgan fingerprint density at radius 3 is 2.47 bits per heavy atom. The Balaban J connectivity index is 2.31. The maximum atomic E-state index is 12.2. The van der Waals surface area contributed by atoms with Crippen LogP contribution in [0.5, 0.6) is 0 Å². The summed E-state index contributed by atoms with van der Waals surface area (Å²) >= 11 is 0. The zero-order valence-corrected chi connectivity index (χ0v) is 12.2. The lowest BCUT2D eigenvalue weighted by Crippen LogP contribution is -2.41. The number of carbonyl (C=O) groups is 1. The lowest BCUT2D eigenvalue weighted by Gasteiger charge is -2.24. The minimum Gasteiger partial charge on any atom is -0.379 e. The van der Waals surface area contributed by atoms with Gasteiger partial charge in [-0.3, -0.25) is 4.79 Å². The summed E-state index contributed by atoms with van der Waals surface area (Å²) in [5.41, 5.74) is -0.847. The van der Waals surface area contributed by atoms with E-state index >= 15 is 0 Å². The van der Waals surface area contributed by atoms with Crippen LogP contribution >= 0.6 is 0 Å². The lowest BCUT2D eigenvalue weighted by molar-refractivity contribution is -0.129. The van der Waals surface area contributed by atoms with Gasteiger partial charge >= 0.3 is 0 Å². The molecular formula is C15H26N2O2. The normalized spacial score (nSPS) is 15.0. The third-order valence-electron chi connectivity index (χ3n) is 3.58. The van der Waals surface area contributed by atoms with E-state index in [2.05, 4.69) is 11.4 Å². The number of ether oxygens (including phenoxy) is 1. The Morgan fingerprint density at radius 2 is 2.00 bits per heavy atom. The van der Waals surface area contributed by atoms with Crippen molar-refractivity contribution in [1.29, 1.82) is 5.26 Å². The monoisotopic (exact) mass is 266 g/mol. The molecule has 0 atom stereocenters. The maximum absolute atomic E-state index is 12.2. The van der Waals surface area contributed by atoms with Crippen LogP contribution in [0.15, 0.2) is 0 Å². The Labute approximate surface area is 116 Å². The molecule has 1 N–H and O–H groups in total. The highest BCUT2D eigenvalue weighted by Gasteiger charge is 2.36. The van der Waals surface area contributed by atoms with Crippen molar-refractivity contribution in [2.75, 3.05) is 19.8 Å². The molecule has 0 heterocycles. The molecule has 0 aromatic rings. The van der Waals surface area contributed by atoms with Gasteiger partial charge in [0, 0.05) is 13.2 Å². The van der Waals surface area contributed by atoms with E-state index in [0.717, 1.165) is 25.4 Å². The van der Waals surface area contributed by atoms with Gasteiger partial charge in [-0.25, -0.2) is 0 Å². The van der Waals surface area contributed by atoms with Crippen molar-refractivity contribution in [3.63, 3.8) is 0 Å². The van der Waals surface area contributed by atoms with Gasteiger partial charge in [-0.1, -0.05) is 26.7 Å². The number of hydrogen-bond donors (Lipinski definition) is 1. The van der Waals surface area contributed by atoms with Crippen LogP contribution < -0.4 is 5.32 Å². The van der Waals surface area contributed by atoms with Crippen molar-refractivity contribution < 1.29 is 9.53 Å². The summed E-state index contributed by atoms with van der Waals surface area (Å²) in [5.74, 6) is 0.614. The molecule has 1 aliphatic rings. The van der Waals surface area contributed by atoms with Crippen LogP contribution in [0.4, 0.5) is 0 Å². The molecule has 0 aliphatic heterocycles. The fraction of sp³-hybridized carbons (Fsp3) is 0.867. The molecule has 1 aliphatic carbocycles. The first-order valence-corrected chi connectivity index (χ1v) is 7.45. The summed E-state index contributed by atoms with van der Waals surface area (Å²) in [6, 6.07) is 2.23. The summed E-state index contributed by atoms with van der Waals surface area (Å²) in [6.45, 7) is 5.87. The minimum atomic E-state index is -0.847. The van der Waals surface area contributed by atoms with E-state index in [-0.39, 0.29) is 5.91 Å². The highest BCUT2D eigenvalue weighted by atomic mass is 16.5. The molecule has 0 unspecified atom stereocenters. The molecule has 1 amide bonds. The number of amides is 1. The van der Waals surface area contributed by atoms with E-state index in [1.165, 1.54) is 12.8 Å². The number of carbonyl (C=O) groups excluding carboxylic acids is 1. The van der Waals surface area contributed by atoms with Crippen molar-refractivity contribution in [1.82, 2.24) is 5.32 Å². The van der Waals surface area contributed by atoms with Gasteiger partial charge in [-0.2, -0.15) is 5.26 Å². The van der Waals surface area contributed by atoms with E-state index in [1.807, 2.05) is 13.8 Å². The van der Waals surface area contributed by atoms with E-state index in [0.29, 0.717) is 26.0 Å². The van der Waals surface area contributed by atoms with Crippen LogP contribution in [0, 0.1) is 22.7 Å². The molecule has 0 saturated heterocycles. The summed E-state index contributed by atoms with van der Waals surface area (Å²) in [6.07, 6.45) is 5.50. The van der Waals surface area contributed by atoms with Crippen LogP contribution in [0.25, 0.3) is 0 Å². The molecule has 4 heteroatoms.